The second kappa shape index (κ2) is 5.60. The van der Waals surface area contributed by atoms with Crippen LogP contribution in [-0.2, 0) is 4.79 Å². The lowest BCUT2D eigenvalue weighted by Gasteiger charge is -2.05. The summed E-state index contributed by atoms with van der Waals surface area (Å²) < 4.78 is 0. The van der Waals surface area contributed by atoms with Gasteiger partial charge < -0.3 is 11.1 Å². The molecule has 0 aliphatic rings. The molecule has 17 heavy (non-hydrogen) atoms. The van der Waals surface area contributed by atoms with Crippen molar-refractivity contribution in [2.75, 3.05) is 6.54 Å². The van der Waals surface area contributed by atoms with Crippen LogP contribution in [-0.4, -0.2) is 23.3 Å². The topological polar surface area (TPSA) is 85.1 Å². The van der Waals surface area contributed by atoms with Crippen molar-refractivity contribution >= 4 is 24.0 Å². The molecular formula is C12H13N3O2. The molecule has 0 saturated heterocycles. The van der Waals surface area contributed by atoms with Gasteiger partial charge in [0, 0.05) is 0 Å². The standard InChI is InChI=1S/C12H13N3O2/c1-3-8-5-6-10(15-9(8)4-2)12(17)14-7-11(13)16/h3-6H,1-2,7H2,(H2,13,16)(H,14,17). The minimum absolute atomic E-state index is 0.201. The fraction of sp³-hybridized carbons (Fsp3) is 0.0833. The van der Waals surface area contributed by atoms with Gasteiger partial charge in [0.05, 0.1) is 12.2 Å². The van der Waals surface area contributed by atoms with E-state index in [0.29, 0.717) is 5.69 Å². The maximum atomic E-state index is 11.6. The first kappa shape index (κ1) is 12.6. The third-order valence-corrected chi connectivity index (χ3v) is 2.03. The van der Waals surface area contributed by atoms with E-state index in [4.69, 9.17) is 5.73 Å². The molecule has 1 rings (SSSR count). The molecule has 1 heterocycles. The molecule has 5 nitrogen and oxygen atoms in total. The number of nitrogens with two attached hydrogens (primary N) is 1. The van der Waals surface area contributed by atoms with Gasteiger partial charge in [0.25, 0.3) is 5.91 Å². The van der Waals surface area contributed by atoms with Gasteiger partial charge in [0.1, 0.15) is 5.69 Å². The van der Waals surface area contributed by atoms with Crippen LogP contribution in [0.25, 0.3) is 12.2 Å². The molecule has 0 aromatic carbocycles. The molecule has 0 atom stereocenters. The molecule has 1 aromatic heterocycles. The number of hydrogen-bond donors (Lipinski definition) is 2. The number of nitrogens with one attached hydrogen (secondary N) is 1. The van der Waals surface area contributed by atoms with Crippen LogP contribution >= 0.6 is 0 Å². The van der Waals surface area contributed by atoms with E-state index in [1.807, 2.05) is 0 Å². The Morgan fingerprint density at radius 2 is 2.06 bits per heavy atom. The summed E-state index contributed by atoms with van der Waals surface area (Å²) in [5.74, 6) is -1.06. The highest BCUT2D eigenvalue weighted by molar-refractivity contribution is 5.95. The number of pyridine rings is 1. The number of nitrogens with zero attached hydrogens (tertiary/aromatic N) is 1. The summed E-state index contributed by atoms with van der Waals surface area (Å²) in [5.41, 5.74) is 6.46. The first-order valence-corrected chi connectivity index (χ1v) is 4.91. The Morgan fingerprint density at radius 1 is 1.35 bits per heavy atom. The molecule has 0 aliphatic heterocycles. The van der Waals surface area contributed by atoms with E-state index in [0.717, 1.165) is 5.56 Å². The average Bonchev–Trinajstić information content (AvgIpc) is 2.34. The lowest BCUT2D eigenvalue weighted by molar-refractivity contribution is -0.117. The van der Waals surface area contributed by atoms with Crippen LogP contribution in [0.1, 0.15) is 21.7 Å². The zero-order valence-electron chi connectivity index (χ0n) is 9.27. The van der Waals surface area contributed by atoms with Gasteiger partial charge >= 0.3 is 0 Å². The molecule has 2 amide bonds. The van der Waals surface area contributed by atoms with Gasteiger partial charge in [-0.05, 0) is 17.7 Å². The van der Waals surface area contributed by atoms with E-state index in [9.17, 15) is 9.59 Å². The van der Waals surface area contributed by atoms with Crippen LogP contribution in [0.4, 0.5) is 0 Å². The second-order valence-corrected chi connectivity index (χ2v) is 3.23. The highest BCUT2D eigenvalue weighted by atomic mass is 16.2. The molecule has 0 saturated carbocycles. The first-order valence-electron chi connectivity index (χ1n) is 4.91. The number of primary amides is 1. The minimum atomic E-state index is -0.606. The molecule has 0 fully saturated rings. The zero-order valence-corrected chi connectivity index (χ0v) is 9.27. The maximum absolute atomic E-state index is 11.6. The van der Waals surface area contributed by atoms with E-state index in [1.54, 1.807) is 18.2 Å². The third-order valence-electron chi connectivity index (χ3n) is 2.03. The Labute approximate surface area is 99.0 Å². The van der Waals surface area contributed by atoms with Gasteiger partial charge in [0.15, 0.2) is 0 Å². The third kappa shape index (κ3) is 3.27. The number of rotatable bonds is 5. The molecule has 5 heteroatoms. The van der Waals surface area contributed by atoms with Crippen molar-refractivity contribution in [3.8, 4) is 0 Å². The van der Waals surface area contributed by atoms with Crippen LogP contribution in [0.15, 0.2) is 25.3 Å². The SMILES string of the molecule is C=Cc1ccc(C(=O)NCC(N)=O)nc1C=C. The Hall–Kier alpha value is -2.43. The van der Waals surface area contributed by atoms with Crippen molar-refractivity contribution in [3.63, 3.8) is 0 Å². The molecule has 0 bridgehead atoms. The van der Waals surface area contributed by atoms with Crippen molar-refractivity contribution in [1.82, 2.24) is 10.3 Å². The summed E-state index contributed by atoms with van der Waals surface area (Å²) in [5, 5.41) is 2.35. The van der Waals surface area contributed by atoms with Crippen LogP contribution in [0.5, 0.6) is 0 Å². The lowest BCUT2D eigenvalue weighted by Crippen LogP contribution is -2.33. The molecule has 0 aliphatic carbocycles. The molecule has 1 aromatic rings. The number of aromatic nitrogens is 1. The summed E-state index contributed by atoms with van der Waals surface area (Å²) in [7, 11) is 0. The van der Waals surface area contributed by atoms with Crippen molar-refractivity contribution in [3.05, 3.63) is 42.2 Å². The summed E-state index contributed by atoms with van der Waals surface area (Å²) >= 11 is 0. The van der Waals surface area contributed by atoms with Crippen LogP contribution < -0.4 is 11.1 Å². The van der Waals surface area contributed by atoms with Crippen molar-refractivity contribution in [1.29, 1.82) is 0 Å². The Bertz CT molecular complexity index is 481. The van der Waals surface area contributed by atoms with Crippen LogP contribution in [0, 0.1) is 0 Å². The van der Waals surface area contributed by atoms with E-state index in [2.05, 4.69) is 23.5 Å². The van der Waals surface area contributed by atoms with Gasteiger partial charge in [-0.1, -0.05) is 25.3 Å². The average molecular weight is 231 g/mol. The Kier molecular flexibility index (Phi) is 4.16. The fourth-order valence-corrected chi connectivity index (χ4v) is 1.21. The van der Waals surface area contributed by atoms with Crippen molar-refractivity contribution in [2.45, 2.75) is 0 Å². The largest absolute Gasteiger partial charge is 0.368 e. The van der Waals surface area contributed by atoms with Gasteiger partial charge in [-0.2, -0.15) is 0 Å². The van der Waals surface area contributed by atoms with Crippen LogP contribution in [0.2, 0.25) is 0 Å². The fourth-order valence-electron chi connectivity index (χ4n) is 1.21. The molecule has 0 spiro atoms. The summed E-state index contributed by atoms with van der Waals surface area (Å²) in [6.07, 6.45) is 3.15. The molecule has 0 radical (unpaired) electrons. The summed E-state index contributed by atoms with van der Waals surface area (Å²) in [6.45, 7) is 7.01. The smallest absolute Gasteiger partial charge is 0.270 e. The molecular weight excluding hydrogens is 218 g/mol. The highest BCUT2D eigenvalue weighted by Crippen LogP contribution is 2.10. The van der Waals surface area contributed by atoms with Gasteiger partial charge in [-0.3, -0.25) is 9.59 Å². The monoisotopic (exact) mass is 231 g/mol. The number of amides is 2. The molecule has 0 unspecified atom stereocenters. The normalized spacial score (nSPS) is 9.41. The Morgan fingerprint density at radius 3 is 2.59 bits per heavy atom. The predicted molar refractivity (Wildman–Crippen MR) is 65.9 cm³/mol. The Balaban J connectivity index is 2.91. The van der Waals surface area contributed by atoms with Gasteiger partial charge in [-0.25, -0.2) is 4.98 Å². The minimum Gasteiger partial charge on any atom is -0.368 e. The summed E-state index contributed by atoms with van der Waals surface area (Å²) in [6, 6.07) is 3.25. The zero-order chi connectivity index (χ0) is 12.8. The van der Waals surface area contributed by atoms with Gasteiger partial charge in [-0.15, -0.1) is 0 Å². The molecule has 3 N–H and O–H groups in total. The maximum Gasteiger partial charge on any atom is 0.270 e. The first-order chi connectivity index (χ1) is 8.08. The lowest BCUT2D eigenvalue weighted by atomic mass is 10.1. The van der Waals surface area contributed by atoms with Crippen LogP contribution in [0.3, 0.4) is 0 Å². The van der Waals surface area contributed by atoms with E-state index in [1.165, 1.54) is 6.08 Å². The second-order valence-electron chi connectivity index (χ2n) is 3.23. The van der Waals surface area contributed by atoms with E-state index >= 15 is 0 Å². The van der Waals surface area contributed by atoms with E-state index < -0.39 is 11.8 Å². The number of carbonyl (C=O) groups is 2. The quantitative estimate of drug-likeness (QED) is 0.777. The number of carbonyl (C=O) groups excluding carboxylic acids is 2. The van der Waals surface area contributed by atoms with Gasteiger partial charge in [0.2, 0.25) is 5.91 Å². The summed E-state index contributed by atoms with van der Waals surface area (Å²) in [4.78, 5) is 26.2. The van der Waals surface area contributed by atoms with Crippen molar-refractivity contribution in [2.24, 2.45) is 5.73 Å². The predicted octanol–water partition coefficient (Wildman–Crippen LogP) is 0.583. The van der Waals surface area contributed by atoms with E-state index in [-0.39, 0.29) is 12.2 Å². The molecule has 88 valence electrons. The van der Waals surface area contributed by atoms with Crippen molar-refractivity contribution < 1.29 is 9.59 Å². The highest BCUT2D eigenvalue weighted by Gasteiger charge is 2.09. The number of hydrogen-bond acceptors (Lipinski definition) is 3.